The van der Waals surface area contributed by atoms with E-state index in [2.05, 4.69) is 20.6 Å². The summed E-state index contributed by atoms with van der Waals surface area (Å²) in [6.07, 6.45) is 1.61. The van der Waals surface area contributed by atoms with Gasteiger partial charge >= 0.3 is 0 Å². The van der Waals surface area contributed by atoms with E-state index in [1.807, 2.05) is 30.3 Å². The zero-order valence-electron chi connectivity index (χ0n) is 15.2. The lowest BCUT2D eigenvalue weighted by Gasteiger charge is -2.11. The second-order valence-electron chi connectivity index (χ2n) is 5.76. The minimum Gasteiger partial charge on any atom is -0.494 e. The van der Waals surface area contributed by atoms with E-state index in [-0.39, 0.29) is 5.75 Å². The number of oxazole rings is 1. The molecule has 6 nitrogen and oxygen atoms in total. The molecule has 0 amide bonds. The highest BCUT2D eigenvalue weighted by atomic mass is 19.1. The van der Waals surface area contributed by atoms with Crippen LogP contribution in [0.25, 0.3) is 11.5 Å². The van der Waals surface area contributed by atoms with Gasteiger partial charge in [0.1, 0.15) is 6.26 Å². The number of halogens is 1. The van der Waals surface area contributed by atoms with Crippen molar-refractivity contribution >= 4 is 5.96 Å². The predicted molar refractivity (Wildman–Crippen MR) is 102 cm³/mol. The standard InChI is InChI=1S/C20H21FN4O2/c1-22-20(23-11-14-8-9-18(26-2)17(21)10-14)24-12-16-13-27-19(25-16)15-6-4-3-5-7-15/h3-10,13H,11-12H2,1-2H3,(H2,22,23,24). The molecule has 0 bridgehead atoms. The summed E-state index contributed by atoms with van der Waals surface area (Å²) in [5.41, 5.74) is 2.46. The zero-order valence-corrected chi connectivity index (χ0v) is 15.2. The van der Waals surface area contributed by atoms with Gasteiger partial charge in [-0.1, -0.05) is 24.3 Å². The Morgan fingerprint density at radius 3 is 2.63 bits per heavy atom. The van der Waals surface area contributed by atoms with Gasteiger partial charge < -0.3 is 19.8 Å². The third-order valence-electron chi connectivity index (χ3n) is 3.91. The van der Waals surface area contributed by atoms with Gasteiger partial charge in [-0.3, -0.25) is 4.99 Å². The predicted octanol–water partition coefficient (Wildman–Crippen LogP) is 3.35. The quantitative estimate of drug-likeness (QED) is 0.516. The van der Waals surface area contributed by atoms with Gasteiger partial charge in [0.2, 0.25) is 5.89 Å². The second kappa shape index (κ2) is 8.84. The van der Waals surface area contributed by atoms with Crippen molar-refractivity contribution in [1.82, 2.24) is 15.6 Å². The lowest BCUT2D eigenvalue weighted by molar-refractivity contribution is 0.386. The third-order valence-corrected chi connectivity index (χ3v) is 3.91. The number of rotatable bonds is 6. The number of guanidine groups is 1. The number of hydrogen-bond donors (Lipinski definition) is 2. The molecule has 1 heterocycles. The normalized spacial score (nSPS) is 11.3. The van der Waals surface area contributed by atoms with E-state index in [0.717, 1.165) is 16.8 Å². The van der Waals surface area contributed by atoms with Crippen molar-refractivity contribution < 1.29 is 13.5 Å². The van der Waals surface area contributed by atoms with Crippen molar-refractivity contribution in [3.63, 3.8) is 0 Å². The first-order valence-corrected chi connectivity index (χ1v) is 8.46. The van der Waals surface area contributed by atoms with Gasteiger partial charge in [0.15, 0.2) is 17.5 Å². The van der Waals surface area contributed by atoms with Crippen LogP contribution >= 0.6 is 0 Å². The Morgan fingerprint density at radius 2 is 1.93 bits per heavy atom. The van der Waals surface area contributed by atoms with Crippen molar-refractivity contribution in [1.29, 1.82) is 0 Å². The van der Waals surface area contributed by atoms with Gasteiger partial charge in [-0.25, -0.2) is 9.37 Å². The van der Waals surface area contributed by atoms with Crippen LogP contribution < -0.4 is 15.4 Å². The SMILES string of the molecule is CN=C(NCc1ccc(OC)c(F)c1)NCc1coc(-c2ccccc2)n1. The molecule has 0 saturated heterocycles. The van der Waals surface area contributed by atoms with Gasteiger partial charge in [0.25, 0.3) is 0 Å². The summed E-state index contributed by atoms with van der Waals surface area (Å²) < 4.78 is 24.2. The van der Waals surface area contributed by atoms with E-state index in [4.69, 9.17) is 9.15 Å². The summed E-state index contributed by atoms with van der Waals surface area (Å²) >= 11 is 0. The summed E-state index contributed by atoms with van der Waals surface area (Å²) in [4.78, 5) is 8.62. The molecule has 0 aliphatic carbocycles. The molecule has 0 aliphatic heterocycles. The smallest absolute Gasteiger partial charge is 0.226 e. The maximum Gasteiger partial charge on any atom is 0.226 e. The highest BCUT2D eigenvalue weighted by Gasteiger charge is 2.08. The number of nitrogens with zero attached hydrogens (tertiary/aromatic N) is 2. The molecule has 2 aromatic carbocycles. The number of hydrogen-bond acceptors (Lipinski definition) is 4. The van der Waals surface area contributed by atoms with Crippen molar-refractivity contribution in [2.75, 3.05) is 14.2 Å². The molecule has 0 unspecified atom stereocenters. The molecule has 1 aromatic heterocycles. The van der Waals surface area contributed by atoms with Gasteiger partial charge in [-0.2, -0.15) is 0 Å². The van der Waals surface area contributed by atoms with Gasteiger partial charge in [0, 0.05) is 19.2 Å². The molecular weight excluding hydrogens is 347 g/mol. The van der Waals surface area contributed by atoms with E-state index < -0.39 is 5.82 Å². The molecule has 0 saturated carbocycles. The summed E-state index contributed by atoms with van der Waals surface area (Å²) in [6.45, 7) is 0.877. The molecule has 140 valence electrons. The van der Waals surface area contributed by atoms with Crippen molar-refractivity contribution in [3.05, 3.63) is 71.9 Å². The fourth-order valence-corrected chi connectivity index (χ4v) is 2.50. The summed E-state index contributed by atoms with van der Waals surface area (Å²) in [7, 11) is 3.11. The van der Waals surface area contributed by atoms with Crippen LogP contribution in [0.15, 0.2) is 64.2 Å². The maximum atomic E-state index is 13.8. The van der Waals surface area contributed by atoms with Crippen LogP contribution in [0.5, 0.6) is 5.75 Å². The number of nitrogens with one attached hydrogen (secondary N) is 2. The Hall–Kier alpha value is -3.35. The largest absolute Gasteiger partial charge is 0.494 e. The van der Waals surface area contributed by atoms with Gasteiger partial charge in [0.05, 0.1) is 19.3 Å². The molecule has 27 heavy (non-hydrogen) atoms. The minimum absolute atomic E-state index is 0.224. The van der Waals surface area contributed by atoms with Crippen molar-refractivity contribution in [3.8, 4) is 17.2 Å². The van der Waals surface area contributed by atoms with Crippen LogP contribution in [-0.4, -0.2) is 25.1 Å². The zero-order chi connectivity index (χ0) is 19.1. The summed E-state index contributed by atoms with van der Waals surface area (Å²) in [5, 5.41) is 6.29. The van der Waals surface area contributed by atoms with Crippen LogP contribution in [0.1, 0.15) is 11.3 Å². The first-order valence-electron chi connectivity index (χ1n) is 8.46. The van der Waals surface area contributed by atoms with E-state index in [9.17, 15) is 4.39 Å². The average Bonchev–Trinajstić information content (AvgIpc) is 3.18. The Labute approximate surface area is 157 Å². The van der Waals surface area contributed by atoms with Gasteiger partial charge in [-0.05, 0) is 29.8 Å². The fraction of sp³-hybridized carbons (Fsp3) is 0.200. The van der Waals surface area contributed by atoms with Crippen LogP contribution in [-0.2, 0) is 13.1 Å². The third kappa shape index (κ3) is 4.84. The molecule has 3 rings (SSSR count). The van der Waals surface area contributed by atoms with Crippen LogP contribution in [0, 0.1) is 5.82 Å². The minimum atomic E-state index is -0.393. The van der Waals surface area contributed by atoms with Gasteiger partial charge in [-0.15, -0.1) is 0 Å². The highest BCUT2D eigenvalue weighted by Crippen LogP contribution is 2.18. The van der Waals surface area contributed by atoms with Crippen LogP contribution in [0.3, 0.4) is 0 Å². The maximum absolute atomic E-state index is 13.8. The average molecular weight is 368 g/mol. The fourth-order valence-electron chi connectivity index (χ4n) is 2.50. The second-order valence-corrected chi connectivity index (χ2v) is 5.76. The van der Waals surface area contributed by atoms with Crippen LogP contribution in [0.2, 0.25) is 0 Å². The highest BCUT2D eigenvalue weighted by molar-refractivity contribution is 5.79. The lowest BCUT2D eigenvalue weighted by atomic mass is 10.2. The van der Waals surface area contributed by atoms with E-state index in [1.54, 1.807) is 25.4 Å². The molecule has 0 aliphatic rings. The molecule has 0 atom stereocenters. The number of aliphatic imine (C=N–C) groups is 1. The Balaban J connectivity index is 1.54. The Morgan fingerprint density at radius 1 is 1.15 bits per heavy atom. The first kappa shape index (κ1) is 18.4. The molecule has 2 N–H and O–H groups in total. The molecule has 7 heteroatoms. The summed E-state index contributed by atoms with van der Waals surface area (Å²) in [6, 6.07) is 14.5. The number of benzene rings is 2. The Bertz CT molecular complexity index is 909. The first-order chi connectivity index (χ1) is 13.2. The molecule has 3 aromatic rings. The lowest BCUT2D eigenvalue weighted by Crippen LogP contribution is -2.36. The number of ether oxygens (including phenoxy) is 1. The molecular formula is C20H21FN4O2. The number of aromatic nitrogens is 1. The monoisotopic (exact) mass is 368 g/mol. The van der Waals surface area contributed by atoms with E-state index in [1.165, 1.54) is 13.2 Å². The topological polar surface area (TPSA) is 71.7 Å². The van der Waals surface area contributed by atoms with E-state index >= 15 is 0 Å². The van der Waals surface area contributed by atoms with Crippen molar-refractivity contribution in [2.45, 2.75) is 13.1 Å². The van der Waals surface area contributed by atoms with Crippen LogP contribution in [0.4, 0.5) is 4.39 Å². The molecule has 0 spiro atoms. The Kier molecular flexibility index (Phi) is 6.04. The molecule has 0 fully saturated rings. The summed E-state index contributed by atoms with van der Waals surface area (Å²) in [5.74, 6) is 0.983. The van der Waals surface area contributed by atoms with Crippen molar-refractivity contribution in [2.24, 2.45) is 4.99 Å². The number of methoxy groups -OCH3 is 1. The van der Waals surface area contributed by atoms with E-state index in [0.29, 0.717) is 24.9 Å². The molecule has 0 radical (unpaired) electrons.